The fourth-order valence-corrected chi connectivity index (χ4v) is 1.83. The van der Waals surface area contributed by atoms with Crippen molar-refractivity contribution in [2.45, 2.75) is 19.9 Å². The highest BCUT2D eigenvalue weighted by atomic mass is 19.1. The Hall–Kier alpha value is -2.43. The molecule has 0 spiro atoms. The second kappa shape index (κ2) is 5.69. The van der Waals surface area contributed by atoms with Crippen LogP contribution in [0.2, 0.25) is 0 Å². The second-order valence-electron chi connectivity index (χ2n) is 4.65. The lowest BCUT2D eigenvalue weighted by atomic mass is 10.1. The molecule has 1 heterocycles. The summed E-state index contributed by atoms with van der Waals surface area (Å²) >= 11 is 0. The molecule has 0 radical (unpaired) electrons. The largest absolute Gasteiger partial charge is 0.398 e. The molecule has 0 saturated heterocycles. The number of aromatic nitrogens is 1. The van der Waals surface area contributed by atoms with E-state index < -0.39 is 5.82 Å². The molecule has 0 aliphatic heterocycles. The fraction of sp³-hybridized carbons (Fsp3) is 0.200. The van der Waals surface area contributed by atoms with E-state index >= 15 is 0 Å². The third-order valence-electron chi connectivity index (χ3n) is 3.18. The molecule has 2 rings (SSSR count). The number of nitrogens with zero attached hydrogens (tertiary/aromatic N) is 1. The van der Waals surface area contributed by atoms with Crippen molar-refractivity contribution in [2.75, 3.05) is 5.73 Å². The Kier molecular flexibility index (Phi) is 3.98. The summed E-state index contributed by atoms with van der Waals surface area (Å²) in [6.45, 7) is 3.41. The number of carbonyl (C=O) groups is 1. The zero-order valence-corrected chi connectivity index (χ0v) is 11.4. The number of halogens is 1. The van der Waals surface area contributed by atoms with Gasteiger partial charge in [-0.3, -0.25) is 9.78 Å². The van der Waals surface area contributed by atoms with E-state index in [-0.39, 0.29) is 23.2 Å². The van der Waals surface area contributed by atoms with E-state index in [2.05, 4.69) is 10.3 Å². The predicted octanol–water partition coefficient (Wildman–Crippen LogP) is 2.60. The molecule has 1 atom stereocenters. The molecule has 0 saturated carbocycles. The first-order valence-corrected chi connectivity index (χ1v) is 6.25. The molecule has 4 nitrogen and oxygen atoms in total. The summed E-state index contributed by atoms with van der Waals surface area (Å²) in [4.78, 5) is 16.1. The lowest BCUT2D eigenvalue weighted by Gasteiger charge is -2.14. The van der Waals surface area contributed by atoms with Crippen molar-refractivity contribution in [3.8, 4) is 0 Å². The maximum atomic E-state index is 13.6. The van der Waals surface area contributed by atoms with E-state index in [1.54, 1.807) is 25.4 Å². The number of pyridine rings is 1. The third-order valence-corrected chi connectivity index (χ3v) is 3.18. The number of hydrogen-bond donors (Lipinski definition) is 2. The molecule has 0 aliphatic rings. The van der Waals surface area contributed by atoms with Gasteiger partial charge in [0.1, 0.15) is 5.82 Å². The third kappa shape index (κ3) is 2.93. The Morgan fingerprint density at radius 2 is 2.20 bits per heavy atom. The van der Waals surface area contributed by atoms with Gasteiger partial charge in [-0.2, -0.15) is 0 Å². The van der Waals surface area contributed by atoms with Crippen molar-refractivity contribution >= 4 is 11.6 Å². The van der Waals surface area contributed by atoms with Crippen LogP contribution in [-0.4, -0.2) is 10.9 Å². The molecule has 0 fully saturated rings. The smallest absolute Gasteiger partial charge is 0.251 e. The normalized spacial score (nSPS) is 11.9. The summed E-state index contributed by atoms with van der Waals surface area (Å²) in [5, 5.41) is 2.79. The number of carbonyl (C=O) groups excluding carboxylic acids is 1. The van der Waals surface area contributed by atoms with Gasteiger partial charge in [0, 0.05) is 29.2 Å². The topological polar surface area (TPSA) is 68.0 Å². The molecular weight excluding hydrogens is 257 g/mol. The summed E-state index contributed by atoms with van der Waals surface area (Å²) in [7, 11) is 0. The number of nitrogen functional groups attached to an aromatic ring is 1. The molecule has 0 aliphatic carbocycles. The minimum absolute atomic E-state index is 0.210. The van der Waals surface area contributed by atoms with Crippen LogP contribution in [0.1, 0.15) is 34.5 Å². The zero-order chi connectivity index (χ0) is 14.7. The Morgan fingerprint density at radius 1 is 1.45 bits per heavy atom. The molecule has 1 aromatic heterocycles. The summed E-state index contributed by atoms with van der Waals surface area (Å²) < 4.78 is 13.6. The average Bonchev–Trinajstić information content (AvgIpc) is 2.45. The van der Waals surface area contributed by atoms with Crippen LogP contribution in [0.5, 0.6) is 0 Å². The van der Waals surface area contributed by atoms with Gasteiger partial charge >= 0.3 is 0 Å². The van der Waals surface area contributed by atoms with Crippen LogP contribution >= 0.6 is 0 Å². The number of nitrogens with two attached hydrogens (primary N) is 1. The highest BCUT2D eigenvalue weighted by Crippen LogP contribution is 2.18. The number of anilines is 1. The van der Waals surface area contributed by atoms with Crippen LogP contribution in [0.25, 0.3) is 0 Å². The van der Waals surface area contributed by atoms with E-state index in [9.17, 15) is 9.18 Å². The van der Waals surface area contributed by atoms with Gasteiger partial charge in [0.2, 0.25) is 0 Å². The van der Waals surface area contributed by atoms with Gasteiger partial charge in [-0.25, -0.2) is 4.39 Å². The summed E-state index contributed by atoms with van der Waals surface area (Å²) in [5.41, 5.74) is 7.37. The van der Waals surface area contributed by atoms with Gasteiger partial charge in [-0.05, 0) is 37.6 Å². The van der Waals surface area contributed by atoms with E-state index in [0.717, 1.165) is 5.56 Å². The molecule has 2 aromatic rings. The minimum Gasteiger partial charge on any atom is -0.398 e. The Morgan fingerprint density at radius 3 is 2.80 bits per heavy atom. The maximum absolute atomic E-state index is 13.6. The van der Waals surface area contributed by atoms with Gasteiger partial charge in [-0.15, -0.1) is 0 Å². The quantitative estimate of drug-likeness (QED) is 0.845. The van der Waals surface area contributed by atoms with Crippen LogP contribution < -0.4 is 11.1 Å². The molecule has 1 aromatic carbocycles. The summed E-state index contributed by atoms with van der Waals surface area (Å²) in [6, 6.07) is 6.10. The SMILES string of the molecule is Cc1c(N)cc(C(=O)NC(C)c2cccnc2)cc1F. The fourth-order valence-electron chi connectivity index (χ4n) is 1.83. The van der Waals surface area contributed by atoms with Crippen LogP contribution in [0.3, 0.4) is 0 Å². The number of rotatable bonds is 3. The molecule has 20 heavy (non-hydrogen) atoms. The van der Waals surface area contributed by atoms with E-state index in [0.29, 0.717) is 5.56 Å². The van der Waals surface area contributed by atoms with Gasteiger partial charge in [0.15, 0.2) is 0 Å². The Bertz CT molecular complexity index is 605. The van der Waals surface area contributed by atoms with Crippen molar-refractivity contribution < 1.29 is 9.18 Å². The first-order valence-electron chi connectivity index (χ1n) is 6.25. The first-order chi connectivity index (χ1) is 9.49. The Labute approximate surface area is 116 Å². The van der Waals surface area contributed by atoms with Gasteiger partial charge in [0.25, 0.3) is 5.91 Å². The van der Waals surface area contributed by atoms with E-state index in [4.69, 9.17) is 5.73 Å². The highest BCUT2D eigenvalue weighted by molar-refractivity contribution is 5.95. The first kappa shape index (κ1) is 14.0. The zero-order valence-electron chi connectivity index (χ0n) is 11.4. The standard InChI is InChI=1S/C15H16FN3O/c1-9-13(16)6-12(7-14(9)17)15(20)19-10(2)11-4-3-5-18-8-11/h3-8,10H,17H2,1-2H3,(H,19,20). The molecule has 1 unspecified atom stereocenters. The minimum atomic E-state index is -0.482. The van der Waals surface area contributed by atoms with Crippen LogP contribution in [-0.2, 0) is 0 Å². The number of hydrogen-bond acceptors (Lipinski definition) is 3. The van der Waals surface area contributed by atoms with Crippen molar-refractivity contribution in [3.05, 3.63) is 59.2 Å². The van der Waals surface area contributed by atoms with E-state index in [1.807, 2.05) is 13.0 Å². The van der Waals surface area contributed by atoms with Gasteiger partial charge in [-0.1, -0.05) is 6.07 Å². The molecule has 104 valence electrons. The number of nitrogens with one attached hydrogen (secondary N) is 1. The Balaban J connectivity index is 2.17. The predicted molar refractivity (Wildman–Crippen MR) is 75.7 cm³/mol. The lowest BCUT2D eigenvalue weighted by molar-refractivity contribution is 0.0939. The molecular formula is C15H16FN3O. The molecule has 3 N–H and O–H groups in total. The lowest BCUT2D eigenvalue weighted by Crippen LogP contribution is -2.27. The highest BCUT2D eigenvalue weighted by Gasteiger charge is 2.14. The van der Waals surface area contributed by atoms with Gasteiger partial charge in [0.05, 0.1) is 6.04 Å². The van der Waals surface area contributed by atoms with Gasteiger partial charge < -0.3 is 11.1 Å². The second-order valence-corrected chi connectivity index (χ2v) is 4.65. The number of amides is 1. The molecule has 1 amide bonds. The summed E-state index contributed by atoms with van der Waals surface area (Å²) in [5.74, 6) is -0.851. The summed E-state index contributed by atoms with van der Waals surface area (Å²) in [6.07, 6.45) is 3.34. The van der Waals surface area contributed by atoms with Crippen molar-refractivity contribution in [2.24, 2.45) is 0 Å². The molecule has 5 heteroatoms. The van der Waals surface area contributed by atoms with Crippen LogP contribution in [0.4, 0.5) is 10.1 Å². The molecule has 0 bridgehead atoms. The van der Waals surface area contributed by atoms with Crippen molar-refractivity contribution in [1.82, 2.24) is 10.3 Å². The van der Waals surface area contributed by atoms with Crippen molar-refractivity contribution in [3.63, 3.8) is 0 Å². The average molecular weight is 273 g/mol. The number of benzene rings is 1. The van der Waals surface area contributed by atoms with E-state index in [1.165, 1.54) is 12.1 Å². The van der Waals surface area contributed by atoms with Crippen LogP contribution in [0, 0.1) is 12.7 Å². The van der Waals surface area contributed by atoms with Crippen LogP contribution in [0.15, 0.2) is 36.7 Å². The van der Waals surface area contributed by atoms with Crippen molar-refractivity contribution in [1.29, 1.82) is 0 Å². The maximum Gasteiger partial charge on any atom is 0.251 e. The monoisotopic (exact) mass is 273 g/mol.